The Morgan fingerprint density at radius 2 is 1.97 bits per heavy atom. The van der Waals surface area contributed by atoms with E-state index in [-0.39, 0.29) is 12.7 Å². The Morgan fingerprint density at radius 3 is 2.65 bits per heavy atom. The van der Waals surface area contributed by atoms with Crippen molar-refractivity contribution < 1.29 is 19.4 Å². The van der Waals surface area contributed by atoms with E-state index in [0.717, 1.165) is 63.2 Å². The second-order valence-corrected chi connectivity index (χ2v) is 9.22. The van der Waals surface area contributed by atoms with Gasteiger partial charge in [0.05, 0.1) is 19.8 Å². The van der Waals surface area contributed by atoms with Gasteiger partial charge in [-0.05, 0) is 43.7 Å². The molecule has 2 heterocycles. The summed E-state index contributed by atoms with van der Waals surface area (Å²) < 4.78 is 10.5. The summed E-state index contributed by atoms with van der Waals surface area (Å²) >= 11 is 0. The lowest BCUT2D eigenvalue weighted by atomic mass is 9.83. The first-order valence-corrected chi connectivity index (χ1v) is 11.6. The molecule has 0 radical (unpaired) electrons. The minimum absolute atomic E-state index is 0.0425. The van der Waals surface area contributed by atoms with Crippen molar-refractivity contribution in [3.05, 3.63) is 29.8 Å². The number of hydrogen-bond donors (Lipinski definition) is 2. The molecule has 1 amide bonds. The summed E-state index contributed by atoms with van der Waals surface area (Å²) in [6.07, 6.45) is 3.02. The predicted molar refractivity (Wildman–Crippen MR) is 123 cm³/mol. The monoisotopic (exact) mass is 433 g/mol. The molecule has 0 spiro atoms. The van der Waals surface area contributed by atoms with Crippen molar-refractivity contribution in [2.45, 2.75) is 44.6 Å². The number of para-hydroxylation sites is 1. The SMILES string of the molecule is CCOC(=O)N1CCC(CN2CC[C@H](Nc3ccccc3[C@@](C)(CO)COC)C2)CC1. The summed E-state index contributed by atoms with van der Waals surface area (Å²) in [6.45, 7) is 9.65. The number of aliphatic hydroxyl groups excluding tert-OH is 1. The van der Waals surface area contributed by atoms with E-state index in [9.17, 15) is 9.90 Å². The van der Waals surface area contributed by atoms with E-state index in [0.29, 0.717) is 25.2 Å². The molecular formula is C24H39N3O4. The van der Waals surface area contributed by atoms with Crippen LogP contribution in [-0.4, -0.2) is 86.7 Å². The van der Waals surface area contributed by atoms with Crippen LogP contribution < -0.4 is 5.32 Å². The Morgan fingerprint density at radius 1 is 1.23 bits per heavy atom. The molecule has 2 saturated heterocycles. The van der Waals surface area contributed by atoms with Gasteiger partial charge in [-0.25, -0.2) is 4.79 Å². The largest absolute Gasteiger partial charge is 0.450 e. The number of ether oxygens (including phenoxy) is 2. The van der Waals surface area contributed by atoms with Gasteiger partial charge in [0.25, 0.3) is 0 Å². The van der Waals surface area contributed by atoms with E-state index in [1.807, 2.05) is 30.9 Å². The van der Waals surface area contributed by atoms with Crippen molar-refractivity contribution in [2.75, 3.05) is 65.0 Å². The van der Waals surface area contributed by atoms with Gasteiger partial charge >= 0.3 is 6.09 Å². The van der Waals surface area contributed by atoms with Gasteiger partial charge in [-0.15, -0.1) is 0 Å². The first-order chi connectivity index (χ1) is 15.0. The summed E-state index contributed by atoms with van der Waals surface area (Å²) in [5, 5.41) is 13.7. The van der Waals surface area contributed by atoms with E-state index in [2.05, 4.69) is 22.3 Å². The third-order valence-electron chi connectivity index (χ3n) is 6.68. The molecule has 174 valence electrons. The molecule has 0 bridgehead atoms. The van der Waals surface area contributed by atoms with Gasteiger partial charge in [-0.2, -0.15) is 0 Å². The molecule has 7 heteroatoms. The van der Waals surface area contributed by atoms with Gasteiger partial charge in [-0.3, -0.25) is 0 Å². The van der Waals surface area contributed by atoms with Crippen molar-refractivity contribution in [2.24, 2.45) is 5.92 Å². The summed E-state index contributed by atoms with van der Waals surface area (Å²) in [5.41, 5.74) is 1.76. The number of hydrogen-bond acceptors (Lipinski definition) is 6. The Labute approximate surface area is 186 Å². The van der Waals surface area contributed by atoms with Crippen molar-refractivity contribution >= 4 is 11.8 Å². The Kier molecular flexibility index (Phi) is 8.58. The molecule has 2 atom stereocenters. The number of aliphatic hydroxyl groups is 1. The molecule has 0 saturated carbocycles. The summed E-state index contributed by atoms with van der Waals surface area (Å²) in [4.78, 5) is 16.3. The summed E-state index contributed by atoms with van der Waals surface area (Å²) in [6, 6.07) is 8.65. The van der Waals surface area contributed by atoms with Gasteiger partial charge < -0.3 is 29.7 Å². The van der Waals surface area contributed by atoms with Crippen LogP contribution in [0.25, 0.3) is 0 Å². The smallest absolute Gasteiger partial charge is 0.409 e. The zero-order valence-electron chi connectivity index (χ0n) is 19.3. The van der Waals surface area contributed by atoms with Crippen LogP contribution in [0.2, 0.25) is 0 Å². The van der Waals surface area contributed by atoms with Crippen molar-refractivity contribution in [1.29, 1.82) is 0 Å². The second-order valence-electron chi connectivity index (χ2n) is 9.22. The van der Waals surface area contributed by atoms with E-state index >= 15 is 0 Å². The lowest BCUT2D eigenvalue weighted by Gasteiger charge is -2.33. The number of carbonyl (C=O) groups excluding carboxylic acids is 1. The number of anilines is 1. The number of nitrogens with zero attached hydrogens (tertiary/aromatic N) is 2. The fourth-order valence-electron chi connectivity index (χ4n) is 4.88. The van der Waals surface area contributed by atoms with Gasteiger partial charge in [0.2, 0.25) is 0 Å². The van der Waals surface area contributed by atoms with Crippen LogP contribution in [0.4, 0.5) is 10.5 Å². The lowest BCUT2D eigenvalue weighted by molar-refractivity contribution is 0.0873. The molecule has 31 heavy (non-hydrogen) atoms. The van der Waals surface area contributed by atoms with E-state index in [4.69, 9.17) is 9.47 Å². The number of likely N-dealkylation sites (tertiary alicyclic amines) is 2. The van der Waals surface area contributed by atoms with Crippen LogP contribution in [0.3, 0.4) is 0 Å². The molecule has 1 aromatic carbocycles. The normalized spacial score (nSPS) is 22.3. The Bertz CT molecular complexity index is 708. The summed E-state index contributed by atoms with van der Waals surface area (Å²) in [5.74, 6) is 0.635. The van der Waals surface area contributed by atoms with Gasteiger partial charge in [0, 0.05) is 57.0 Å². The number of methoxy groups -OCH3 is 1. The minimum atomic E-state index is -0.427. The number of amides is 1. The van der Waals surface area contributed by atoms with Gasteiger partial charge in [-0.1, -0.05) is 25.1 Å². The molecule has 2 N–H and O–H groups in total. The maximum absolute atomic E-state index is 11.9. The number of benzene rings is 1. The minimum Gasteiger partial charge on any atom is -0.450 e. The molecule has 7 nitrogen and oxygen atoms in total. The first kappa shape index (κ1) is 23.8. The molecule has 2 fully saturated rings. The topological polar surface area (TPSA) is 74.3 Å². The van der Waals surface area contributed by atoms with Crippen molar-refractivity contribution in [3.63, 3.8) is 0 Å². The average Bonchev–Trinajstić information content (AvgIpc) is 3.21. The zero-order chi connectivity index (χ0) is 22.3. The predicted octanol–water partition coefficient (Wildman–Crippen LogP) is 2.94. The third-order valence-corrected chi connectivity index (χ3v) is 6.68. The number of carbonyl (C=O) groups is 1. The standard InChI is InChI=1S/C24H39N3O4/c1-4-31-23(29)27-13-9-19(10-14-27)15-26-12-11-20(16-26)25-22-8-6-5-7-21(22)24(2,17-28)18-30-3/h5-8,19-20,25,28H,4,9-18H2,1-3H3/t20-,24-/m0/s1. The Hall–Kier alpha value is -1.83. The van der Waals surface area contributed by atoms with Crippen LogP contribution in [0.1, 0.15) is 38.7 Å². The molecule has 3 rings (SSSR count). The molecule has 0 aromatic heterocycles. The quantitative estimate of drug-likeness (QED) is 0.624. The molecular weight excluding hydrogens is 394 g/mol. The molecule has 2 aliphatic rings. The van der Waals surface area contributed by atoms with Gasteiger partial charge in [0.15, 0.2) is 0 Å². The first-order valence-electron chi connectivity index (χ1n) is 11.6. The third kappa shape index (κ3) is 6.11. The lowest BCUT2D eigenvalue weighted by Crippen LogP contribution is -2.41. The highest BCUT2D eigenvalue weighted by Crippen LogP contribution is 2.32. The maximum atomic E-state index is 11.9. The van der Waals surface area contributed by atoms with Crippen molar-refractivity contribution in [1.82, 2.24) is 9.80 Å². The molecule has 0 aliphatic carbocycles. The molecule has 0 unspecified atom stereocenters. The Balaban J connectivity index is 1.51. The fourth-order valence-corrected chi connectivity index (χ4v) is 4.88. The average molecular weight is 434 g/mol. The number of rotatable bonds is 9. The highest BCUT2D eigenvalue weighted by Gasteiger charge is 2.31. The molecule has 2 aliphatic heterocycles. The second kappa shape index (κ2) is 11.2. The van der Waals surface area contributed by atoms with Gasteiger partial charge in [0.1, 0.15) is 0 Å². The van der Waals surface area contributed by atoms with E-state index in [1.54, 1.807) is 7.11 Å². The van der Waals surface area contributed by atoms with E-state index < -0.39 is 5.41 Å². The van der Waals surface area contributed by atoms with Crippen LogP contribution in [0.15, 0.2) is 24.3 Å². The van der Waals surface area contributed by atoms with Crippen LogP contribution in [0.5, 0.6) is 0 Å². The zero-order valence-corrected chi connectivity index (χ0v) is 19.3. The number of nitrogens with one attached hydrogen (secondary N) is 1. The van der Waals surface area contributed by atoms with E-state index in [1.165, 1.54) is 0 Å². The highest BCUT2D eigenvalue weighted by atomic mass is 16.6. The highest BCUT2D eigenvalue weighted by molar-refractivity contribution is 5.67. The van der Waals surface area contributed by atoms with Crippen molar-refractivity contribution in [3.8, 4) is 0 Å². The van der Waals surface area contributed by atoms with Crippen LogP contribution in [0, 0.1) is 5.92 Å². The molecule has 1 aromatic rings. The summed E-state index contributed by atoms with van der Waals surface area (Å²) in [7, 11) is 1.68. The maximum Gasteiger partial charge on any atom is 0.409 e. The van der Waals surface area contributed by atoms with Crippen LogP contribution >= 0.6 is 0 Å². The fraction of sp³-hybridized carbons (Fsp3) is 0.708. The number of piperidine rings is 1. The van der Waals surface area contributed by atoms with Crippen LogP contribution in [-0.2, 0) is 14.9 Å².